The highest BCUT2D eigenvalue weighted by molar-refractivity contribution is 4.39. The van der Waals surface area contributed by atoms with Gasteiger partial charge in [-0.3, -0.25) is 0 Å². The van der Waals surface area contributed by atoms with E-state index in [1.165, 1.54) is 0 Å². The molecule has 0 fully saturated rings. The fraction of sp³-hybridized carbons (Fsp3) is 1.00. The van der Waals surface area contributed by atoms with Gasteiger partial charge in [-0.15, -0.1) is 0 Å². The Bertz CT molecular complexity index is 38.5. The van der Waals surface area contributed by atoms with Crippen LogP contribution in [-0.2, 0) is 4.74 Å². The van der Waals surface area contributed by atoms with Gasteiger partial charge < -0.3 is 9.84 Å². The molecule has 0 amide bonds. The minimum atomic E-state index is -0.158. The van der Waals surface area contributed by atoms with Crippen molar-refractivity contribution in [1.82, 2.24) is 0 Å². The van der Waals surface area contributed by atoms with Gasteiger partial charge in [-0.2, -0.15) is 0 Å². The van der Waals surface area contributed by atoms with Crippen LogP contribution in [0.4, 0.5) is 0 Å². The molecule has 0 aromatic rings. The number of hydrogen-bond donors (Lipinski definition) is 1. The number of aliphatic hydroxyl groups excluding tert-OH is 1. The second-order valence-electron chi connectivity index (χ2n) is 1.51. The number of aliphatic hydroxyl groups is 1. The zero-order valence-corrected chi connectivity index (χ0v) is 4.85. The summed E-state index contributed by atoms with van der Waals surface area (Å²) in [4.78, 5) is 0. The van der Waals surface area contributed by atoms with Gasteiger partial charge in [0.25, 0.3) is 0 Å². The van der Waals surface area contributed by atoms with Crippen molar-refractivity contribution < 1.29 is 9.84 Å². The predicted molar refractivity (Wildman–Crippen MR) is 54.8 cm³/mol. The Morgan fingerprint density at radius 1 is 1.18 bits per heavy atom. The van der Waals surface area contributed by atoms with Gasteiger partial charge in [-0.25, -0.2) is 0 Å². The van der Waals surface area contributed by atoms with Gasteiger partial charge >= 0.3 is 0 Å². The lowest BCUT2D eigenvalue weighted by Gasteiger charge is -2.04. The molecule has 0 spiro atoms. The summed E-state index contributed by atoms with van der Waals surface area (Å²) >= 11 is 0. The van der Waals surface area contributed by atoms with Gasteiger partial charge in [-0.1, -0.05) is 36.6 Å². The molecule has 0 bridgehead atoms. The van der Waals surface area contributed by atoms with Crippen LogP contribution in [0.1, 0.15) is 50.0 Å². The Labute approximate surface area is 73.6 Å². The van der Waals surface area contributed by atoms with E-state index in [2.05, 4.69) is 0 Å². The van der Waals surface area contributed by atoms with E-state index in [9.17, 15) is 0 Å². The average molecular weight is 168 g/mol. The Hall–Kier alpha value is -0.0800. The van der Waals surface area contributed by atoms with Crippen LogP contribution in [0.2, 0.25) is 0 Å². The van der Waals surface area contributed by atoms with E-state index in [1.807, 2.05) is 13.8 Å². The topological polar surface area (TPSA) is 29.5 Å². The van der Waals surface area contributed by atoms with Gasteiger partial charge in [0.2, 0.25) is 0 Å². The summed E-state index contributed by atoms with van der Waals surface area (Å²) in [6.45, 7) is 3.78. The third kappa shape index (κ3) is 25.7. The van der Waals surface area contributed by atoms with E-state index in [0.29, 0.717) is 0 Å². The fourth-order valence-electron chi connectivity index (χ4n) is 0.245. The van der Waals surface area contributed by atoms with Crippen molar-refractivity contribution in [2.24, 2.45) is 0 Å². The molecule has 11 heavy (non-hydrogen) atoms. The maximum atomic E-state index is 8.15. The van der Waals surface area contributed by atoms with Crippen molar-refractivity contribution in [2.45, 2.75) is 56.1 Å². The molecule has 0 aliphatic carbocycles. The van der Waals surface area contributed by atoms with Crippen molar-refractivity contribution in [3.8, 4) is 0 Å². The highest BCUT2D eigenvalue weighted by atomic mass is 16.6. The largest absolute Gasteiger partial charge is 0.371 e. The van der Waals surface area contributed by atoms with Crippen LogP contribution in [0.3, 0.4) is 0 Å². The Balaban J connectivity index is -0.0000000300. The summed E-state index contributed by atoms with van der Waals surface area (Å²) in [7, 11) is 0. The second-order valence-corrected chi connectivity index (χ2v) is 1.51. The molecule has 0 saturated heterocycles. The number of hydrogen-bond acceptors (Lipinski definition) is 2. The molecular weight excluding hydrogens is 140 g/mol. The van der Waals surface area contributed by atoms with Crippen LogP contribution in [0, 0.1) is 0 Å². The minimum Gasteiger partial charge on any atom is -0.371 e. The lowest BCUT2D eigenvalue weighted by Crippen LogP contribution is -2.06. The molecule has 0 saturated carbocycles. The van der Waals surface area contributed by atoms with Crippen molar-refractivity contribution in [1.29, 1.82) is 0 Å². The molecule has 0 radical (unpaired) electrons. The smallest absolute Gasteiger partial charge is 0.143 e. The molecule has 0 heterocycles. The maximum absolute atomic E-state index is 8.15. The number of ether oxygens (including phenoxy) is 1. The normalized spacial score (nSPS) is 9.00. The highest BCUT2D eigenvalue weighted by Crippen LogP contribution is 1.92. The van der Waals surface area contributed by atoms with Crippen LogP contribution >= 0.6 is 0 Å². The Kier molecular flexibility index (Phi) is 62.8. The van der Waals surface area contributed by atoms with Crippen molar-refractivity contribution in [2.75, 3.05) is 6.79 Å². The Morgan fingerprint density at radius 2 is 1.55 bits per heavy atom. The van der Waals surface area contributed by atoms with Crippen LogP contribution in [0.15, 0.2) is 0 Å². The molecule has 0 aromatic heterocycles. The SMILES string of the molecule is C.C.C.C.CCC(C)OCO. The average Bonchev–Trinajstić information content (AvgIpc) is 1.68. The molecule has 76 valence electrons. The second kappa shape index (κ2) is 22.5. The lowest BCUT2D eigenvalue weighted by molar-refractivity contribution is -0.0432. The first-order chi connectivity index (χ1) is 3.31. The van der Waals surface area contributed by atoms with Crippen molar-refractivity contribution in [3.63, 3.8) is 0 Å². The monoisotopic (exact) mass is 168 g/mol. The van der Waals surface area contributed by atoms with E-state index >= 15 is 0 Å². The third-order valence-electron chi connectivity index (χ3n) is 0.934. The van der Waals surface area contributed by atoms with Gasteiger partial charge in [0, 0.05) is 0 Å². The third-order valence-corrected chi connectivity index (χ3v) is 0.934. The minimum absolute atomic E-state index is 0. The first-order valence-corrected chi connectivity index (χ1v) is 2.53. The maximum Gasteiger partial charge on any atom is 0.143 e. The van der Waals surface area contributed by atoms with Gasteiger partial charge in [-0.05, 0) is 13.3 Å². The quantitative estimate of drug-likeness (QED) is 0.655. The van der Waals surface area contributed by atoms with E-state index in [1.54, 1.807) is 0 Å². The molecule has 1 atom stereocenters. The van der Waals surface area contributed by atoms with Gasteiger partial charge in [0.15, 0.2) is 0 Å². The van der Waals surface area contributed by atoms with E-state index in [0.717, 1.165) is 6.42 Å². The van der Waals surface area contributed by atoms with Crippen LogP contribution in [-0.4, -0.2) is 18.0 Å². The van der Waals surface area contributed by atoms with Gasteiger partial charge in [0.1, 0.15) is 6.79 Å². The van der Waals surface area contributed by atoms with E-state index < -0.39 is 0 Å². The van der Waals surface area contributed by atoms with E-state index in [4.69, 9.17) is 9.84 Å². The number of rotatable bonds is 3. The molecule has 0 aliphatic rings. The van der Waals surface area contributed by atoms with Crippen molar-refractivity contribution >= 4 is 0 Å². The first kappa shape index (κ1) is 30.7. The summed E-state index contributed by atoms with van der Waals surface area (Å²) in [5, 5.41) is 8.15. The molecule has 2 nitrogen and oxygen atoms in total. The molecule has 1 N–H and O–H groups in total. The Morgan fingerprint density at radius 3 is 1.64 bits per heavy atom. The van der Waals surface area contributed by atoms with Crippen molar-refractivity contribution in [3.05, 3.63) is 0 Å². The summed E-state index contributed by atoms with van der Waals surface area (Å²) in [6, 6.07) is 0. The highest BCUT2D eigenvalue weighted by Gasteiger charge is 1.92. The molecule has 1 unspecified atom stereocenters. The fourth-order valence-corrected chi connectivity index (χ4v) is 0.245. The molecular formula is C9H28O2. The summed E-state index contributed by atoms with van der Waals surface area (Å²) in [5.74, 6) is 0. The summed E-state index contributed by atoms with van der Waals surface area (Å²) in [5.41, 5.74) is 0. The lowest BCUT2D eigenvalue weighted by atomic mass is 10.3. The summed E-state index contributed by atoms with van der Waals surface area (Å²) in [6.07, 6.45) is 1.16. The predicted octanol–water partition coefficient (Wildman–Crippen LogP) is 3.30. The van der Waals surface area contributed by atoms with Crippen LogP contribution in [0.5, 0.6) is 0 Å². The summed E-state index contributed by atoms with van der Waals surface area (Å²) < 4.78 is 4.75. The van der Waals surface area contributed by atoms with Crippen LogP contribution < -0.4 is 0 Å². The zero-order valence-electron chi connectivity index (χ0n) is 4.85. The molecule has 0 aromatic carbocycles. The standard InChI is InChI=1S/C5H12O2.4CH4/c1-3-5(2)7-4-6;;;;/h5-6H,3-4H2,1-2H3;4*1H4. The van der Waals surface area contributed by atoms with Gasteiger partial charge in [0.05, 0.1) is 6.10 Å². The van der Waals surface area contributed by atoms with Crippen LogP contribution in [0.25, 0.3) is 0 Å². The molecule has 2 heteroatoms. The van der Waals surface area contributed by atoms with E-state index in [-0.39, 0.29) is 42.6 Å². The molecule has 0 aliphatic heterocycles. The zero-order chi connectivity index (χ0) is 5.70. The first-order valence-electron chi connectivity index (χ1n) is 2.53. The molecule has 0 rings (SSSR count).